The van der Waals surface area contributed by atoms with Gasteiger partial charge in [-0.15, -0.1) is 0 Å². The van der Waals surface area contributed by atoms with Gasteiger partial charge < -0.3 is 14.9 Å². The van der Waals surface area contributed by atoms with Gasteiger partial charge in [0.05, 0.1) is 20.3 Å². The predicted molar refractivity (Wildman–Crippen MR) is 107 cm³/mol. The number of ether oxygens (including phenoxy) is 1. The largest absolute Gasteiger partial charge is 0.496 e. The van der Waals surface area contributed by atoms with E-state index in [0.29, 0.717) is 6.04 Å². The molecule has 2 aliphatic rings. The molecule has 4 nitrogen and oxygen atoms in total. The maximum atomic E-state index is 9.53. The van der Waals surface area contributed by atoms with E-state index in [0.717, 1.165) is 42.0 Å². The Labute approximate surface area is 160 Å². The zero-order valence-corrected chi connectivity index (χ0v) is 15.8. The maximum absolute atomic E-state index is 9.53. The summed E-state index contributed by atoms with van der Waals surface area (Å²) >= 11 is 0. The molecular formula is C23H27NO3. The van der Waals surface area contributed by atoms with Crippen molar-refractivity contribution < 1.29 is 14.9 Å². The third-order valence-corrected chi connectivity index (χ3v) is 5.96. The molecule has 4 rings (SSSR count). The number of aliphatic hydroxyl groups is 2. The number of fused-ring (bicyclic) bond motifs is 1. The van der Waals surface area contributed by atoms with Crippen LogP contribution in [0.1, 0.15) is 41.5 Å². The van der Waals surface area contributed by atoms with Crippen molar-refractivity contribution in [3.05, 3.63) is 64.7 Å². The predicted octanol–water partition coefficient (Wildman–Crippen LogP) is 3.46. The molecule has 1 saturated heterocycles. The summed E-state index contributed by atoms with van der Waals surface area (Å²) in [7, 11) is 1.65. The van der Waals surface area contributed by atoms with Gasteiger partial charge in [0.2, 0.25) is 0 Å². The van der Waals surface area contributed by atoms with Crippen molar-refractivity contribution in [3.63, 3.8) is 0 Å². The number of nitrogens with zero attached hydrogens (tertiary/aromatic N) is 1. The molecule has 1 unspecified atom stereocenters. The van der Waals surface area contributed by atoms with E-state index in [2.05, 4.69) is 29.2 Å². The fourth-order valence-electron chi connectivity index (χ4n) is 4.42. The summed E-state index contributed by atoms with van der Waals surface area (Å²) in [6.45, 7) is 2.16. The maximum Gasteiger partial charge on any atom is 0.124 e. The van der Waals surface area contributed by atoms with Gasteiger partial charge in [0.15, 0.2) is 0 Å². The highest BCUT2D eigenvalue weighted by Crippen LogP contribution is 2.40. The SMILES string of the molecule is COc1cc(C2=C(c3ccc(CO)cc3)CC3CCCN3C2)ccc1CO. The van der Waals surface area contributed by atoms with Crippen molar-refractivity contribution in [2.24, 2.45) is 0 Å². The smallest absolute Gasteiger partial charge is 0.124 e. The number of benzene rings is 2. The molecule has 0 aromatic heterocycles. The van der Waals surface area contributed by atoms with E-state index < -0.39 is 0 Å². The van der Waals surface area contributed by atoms with Crippen LogP contribution in [0.15, 0.2) is 42.5 Å². The Balaban J connectivity index is 1.80. The van der Waals surface area contributed by atoms with Crippen molar-refractivity contribution in [2.75, 3.05) is 20.2 Å². The van der Waals surface area contributed by atoms with Crippen LogP contribution < -0.4 is 4.74 Å². The molecule has 2 aliphatic heterocycles. The van der Waals surface area contributed by atoms with Gasteiger partial charge in [-0.2, -0.15) is 0 Å². The highest BCUT2D eigenvalue weighted by molar-refractivity contribution is 5.93. The van der Waals surface area contributed by atoms with E-state index in [-0.39, 0.29) is 13.2 Å². The third-order valence-electron chi connectivity index (χ3n) is 5.96. The highest BCUT2D eigenvalue weighted by Gasteiger charge is 2.32. The van der Waals surface area contributed by atoms with E-state index in [1.165, 1.54) is 29.6 Å². The summed E-state index contributed by atoms with van der Waals surface area (Å²) in [5.41, 5.74) is 6.88. The average molecular weight is 365 g/mol. The first kappa shape index (κ1) is 18.2. The average Bonchev–Trinajstić information content (AvgIpc) is 3.20. The Hall–Kier alpha value is -2.14. The second kappa shape index (κ2) is 7.85. The minimum absolute atomic E-state index is 0.0216. The molecule has 27 heavy (non-hydrogen) atoms. The van der Waals surface area contributed by atoms with E-state index in [1.54, 1.807) is 7.11 Å². The quantitative estimate of drug-likeness (QED) is 0.852. The van der Waals surface area contributed by atoms with Crippen molar-refractivity contribution in [1.82, 2.24) is 4.90 Å². The number of aliphatic hydroxyl groups excluding tert-OH is 2. The number of hydrogen-bond donors (Lipinski definition) is 2. The van der Waals surface area contributed by atoms with Crippen LogP contribution in [0, 0.1) is 0 Å². The van der Waals surface area contributed by atoms with Crippen molar-refractivity contribution in [2.45, 2.75) is 38.5 Å². The summed E-state index contributed by atoms with van der Waals surface area (Å²) in [6.07, 6.45) is 3.58. The van der Waals surface area contributed by atoms with Gasteiger partial charge in [-0.25, -0.2) is 0 Å². The van der Waals surface area contributed by atoms with Gasteiger partial charge in [-0.1, -0.05) is 36.4 Å². The molecule has 0 bridgehead atoms. The van der Waals surface area contributed by atoms with Crippen LogP contribution in [0.2, 0.25) is 0 Å². The van der Waals surface area contributed by atoms with Gasteiger partial charge >= 0.3 is 0 Å². The molecule has 4 heteroatoms. The molecule has 142 valence electrons. The monoisotopic (exact) mass is 365 g/mol. The number of methoxy groups -OCH3 is 1. The molecule has 1 atom stereocenters. The first-order valence-electron chi connectivity index (χ1n) is 9.68. The first-order chi connectivity index (χ1) is 13.2. The van der Waals surface area contributed by atoms with Crippen LogP contribution in [0.3, 0.4) is 0 Å². The first-order valence-corrected chi connectivity index (χ1v) is 9.68. The number of hydrogen-bond acceptors (Lipinski definition) is 4. The zero-order valence-electron chi connectivity index (χ0n) is 15.8. The minimum atomic E-state index is -0.0216. The Morgan fingerprint density at radius 2 is 1.78 bits per heavy atom. The molecular weight excluding hydrogens is 338 g/mol. The number of rotatable bonds is 5. The Kier molecular flexibility index (Phi) is 5.30. The van der Waals surface area contributed by atoms with E-state index in [9.17, 15) is 10.2 Å². The van der Waals surface area contributed by atoms with Crippen molar-refractivity contribution in [1.29, 1.82) is 0 Å². The van der Waals surface area contributed by atoms with Crippen LogP contribution in [0.5, 0.6) is 5.75 Å². The standard InChI is InChI=1S/C23H27NO3/c1-27-23-11-18(8-9-19(23)15-26)22-13-24-10-2-3-20(24)12-21(22)17-6-4-16(14-25)5-7-17/h4-9,11,20,25-26H,2-3,10,12-15H2,1H3. The van der Waals surface area contributed by atoms with Crippen LogP contribution >= 0.6 is 0 Å². The fourth-order valence-corrected chi connectivity index (χ4v) is 4.42. The summed E-state index contributed by atoms with van der Waals surface area (Å²) < 4.78 is 5.50. The van der Waals surface area contributed by atoms with Gasteiger partial charge in [-0.05, 0) is 59.7 Å². The Bertz CT molecular complexity index is 841. The summed E-state index contributed by atoms with van der Waals surface area (Å²) in [5.74, 6) is 0.737. The zero-order chi connectivity index (χ0) is 18.8. The van der Waals surface area contributed by atoms with Crippen molar-refractivity contribution in [3.8, 4) is 5.75 Å². The van der Waals surface area contributed by atoms with Crippen LogP contribution in [-0.4, -0.2) is 41.4 Å². The van der Waals surface area contributed by atoms with Crippen LogP contribution in [0.4, 0.5) is 0 Å². The van der Waals surface area contributed by atoms with Gasteiger partial charge in [-0.3, -0.25) is 4.90 Å². The summed E-state index contributed by atoms with van der Waals surface area (Å²) in [5, 5.41) is 18.9. The molecule has 2 aromatic rings. The van der Waals surface area contributed by atoms with Gasteiger partial charge in [0, 0.05) is 18.2 Å². The molecule has 0 radical (unpaired) electrons. The molecule has 2 N–H and O–H groups in total. The molecule has 2 aromatic carbocycles. The molecule has 1 fully saturated rings. The fraction of sp³-hybridized carbons (Fsp3) is 0.391. The Morgan fingerprint density at radius 3 is 2.48 bits per heavy atom. The van der Waals surface area contributed by atoms with E-state index in [4.69, 9.17) is 4.74 Å². The lowest BCUT2D eigenvalue weighted by Gasteiger charge is -2.34. The van der Waals surface area contributed by atoms with Crippen LogP contribution in [0.25, 0.3) is 11.1 Å². The lowest BCUT2D eigenvalue weighted by Crippen LogP contribution is -2.35. The topological polar surface area (TPSA) is 52.9 Å². The second-order valence-electron chi connectivity index (χ2n) is 7.47. The lowest BCUT2D eigenvalue weighted by atomic mass is 9.85. The lowest BCUT2D eigenvalue weighted by molar-refractivity contribution is 0.273. The summed E-state index contributed by atoms with van der Waals surface area (Å²) in [6, 6.07) is 15.0. The Morgan fingerprint density at radius 1 is 1.00 bits per heavy atom. The third kappa shape index (κ3) is 3.53. The van der Waals surface area contributed by atoms with Gasteiger partial charge in [0.1, 0.15) is 5.75 Å². The minimum Gasteiger partial charge on any atom is -0.496 e. The molecule has 0 spiro atoms. The summed E-state index contributed by atoms with van der Waals surface area (Å²) in [4.78, 5) is 2.59. The van der Waals surface area contributed by atoms with Crippen LogP contribution in [-0.2, 0) is 13.2 Å². The molecule has 0 amide bonds. The van der Waals surface area contributed by atoms with E-state index in [1.807, 2.05) is 18.2 Å². The normalized spacial score (nSPS) is 20.0. The van der Waals surface area contributed by atoms with E-state index >= 15 is 0 Å². The van der Waals surface area contributed by atoms with Gasteiger partial charge in [0.25, 0.3) is 0 Å². The molecule has 2 heterocycles. The molecule has 0 saturated carbocycles. The molecule has 0 aliphatic carbocycles. The van der Waals surface area contributed by atoms with Crippen molar-refractivity contribution >= 4 is 11.1 Å². The second-order valence-corrected chi connectivity index (χ2v) is 7.47. The highest BCUT2D eigenvalue weighted by atomic mass is 16.5.